The molecule has 2 aromatic carbocycles. The topological polar surface area (TPSA) is 40.8 Å². The van der Waals surface area contributed by atoms with Crippen LogP contribution in [0.5, 0.6) is 0 Å². The van der Waals surface area contributed by atoms with Crippen molar-refractivity contribution < 1.29 is 18.6 Å². The number of rotatable bonds is 4. The Balaban J connectivity index is 1.74. The summed E-state index contributed by atoms with van der Waals surface area (Å²) in [5, 5.41) is 1.04. The Hall–Kier alpha value is -2.14. The van der Waals surface area contributed by atoms with Gasteiger partial charge in [0.1, 0.15) is 5.58 Å². The molecule has 0 atom stereocenters. The molecule has 4 nitrogen and oxygen atoms in total. The highest BCUT2D eigenvalue weighted by Crippen LogP contribution is 2.32. The SMILES string of the molecule is COC(OC)c1cc2cc(-c3ccc4c(c3)COC4)ccc2o1. The molecule has 4 heteroatoms. The third kappa shape index (κ3) is 2.55. The Kier molecular flexibility index (Phi) is 3.65. The number of methoxy groups -OCH3 is 2. The van der Waals surface area contributed by atoms with Crippen LogP contribution in [-0.2, 0) is 27.4 Å². The van der Waals surface area contributed by atoms with Crippen molar-refractivity contribution in [1.82, 2.24) is 0 Å². The van der Waals surface area contributed by atoms with E-state index in [2.05, 4.69) is 30.3 Å². The summed E-state index contributed by atoms with van der Waals surface area (Å²) in [5.74, 6) is 0.671. The molecule has 0 radical (unpaired) electrons. The summed E-state index contributed by atoms with van der Waals surface area (Å²) in [7, 11) is 3.19. The van der Waals surface area contributed by atoms with Gasteiger partial charge >= 0.3 is 0 Å². The van der Waals surface area contributed by atoms with Gasteiger partial charge in [-0.25, -0.2) is 0 Å². The zero-order chi connectivity index (χ0) is 15.8. The lowest BCUT2D eigenvalue weighted by Crippen LogP contribution is -2.01. The molecule has 0 spiro atoms. The average Bonchev–Trinajstić information content (AvgIpc) is 3.21. The first kappa shape index (κ1) is 14.5. The maximum Gasteiger partial charge on any atom is 0.216 e. The van der Waals surface area contributed by atoms with Gasteiger partial charge in [-0.05, 0) is 46.5 Å². The minimum absolute atomic E-state index is 0.483. The Bertz CT molecular complexity index is 846. The molecule has 118 valence electrons. The fraction of sp³-hybridized carbons (Fsp3) is 0.263. The molecule has 1 aromatic heterocycles. The zero-order valence-electron chi connectivity index (χ0n) is 13.2. The fourth-order valence-corrected chi connectivity index (χ4v) is 3.04. The van der Waals surface area contributed by atoms with Crippen LogP contribution in [0.4, 0.5) is 0 Å². The highest BCUT2D eigenvalue weighted by atomic mass is 16.7. The van der Waals surface area contributed by atoms with Gasteiger partial charge < -0.3 is 18.6 Å². The van der Waals surface area contributed by atoms with E-state index in [-0.39, 0.29) is 0 Å². The van der Waals surface area contributed by atoms with Gasteiger partial charge in [-0.1, -0.05) is 18.2 Å². The molecule has 1 aliphatic heterocycles. The molecule has 0 fully saturated rings. The molecule has 23 heavy (non-hydrogen) atoms. The van der Waals surface area contributed by atoms with Gasteiger partial charge in [0.2, 0.25) is 6.29 Å². The van der Waals surface area contributed by atoms with Gasteiger partial charge in [0.15, 0.2) is 5.76 Å². The van der Waals surface area contributed by atoms with E-state index in [4.69, 9.17) is 18.6 Å². The van der Waals surface area contributed by atoms with Crippen LogP contribution in [-0.4, -0.2) is 14.2 Å². The number of hydrogen-bond donors (Lipinski definition) is 0. The van der Waals surface area contributed by atoms with E-state index in [9.17, 15) is 0 Å². The minimum atomic E-state index is -0.483. The molecule has 0 saturated heterocycles. The summed E-state index contributed by atoms with van der Waals surface area (Å²) in [5.41, 5.74) is 5.73. The maximum absolute atomic E-state index is 5.81. The maximum atomic E-state index is 5.81. The number of furan rings is 1. The Morgan fingerprint density at radius 3 is 2.43 bits per heavy atom. The van der Waals surface area contributed by atoms with Crippen LogP contribution in [0.2, 0.25) is 0 Å². The molecular formula is C19H18O4. The van der Waals surface area contributed by atoms with Gasteiger partial charge in [0.25, 0.3) is 0 Å². The second kappa shape index (κ2) is 5.81. The van der Waals surface area contributed by atoms with Crippen LogP contribution in [0.25, 0.3) is 22.1 Å². The third-order valence-electron chi connectivity index (χ3n) is 4.25. The molecule has 0 N–H and O–H groups in total. The molecule has 3 aromatic rings. The van der Waals surface area contributed by atoms with Crippen LogP contribution < -0.4 is 0 Å². The van der Waals surface area contributed by atoms with Gasteiger partial charge in [-0.15, -0.1) is 0 Å². The lowest BCUT2D eigenvalue weighted by atomic mass is 10.00. The first-order valence-corrected chi connectivity index (χ1v) is 7.57. The van der Waals surface area contributed by atoms with Crippen molar-refractivity contribution in [1.29, 1.82) is 0 Å². The fourth-order valence-electron chi connectivity index (χ4n) is 3.04. The first-order valence-electron chi connectivity index (χ1n) is 7.57. The first-order chi connectivity index (χ1) is 11.3. The van der Waals surface area contributed by atoms with Crippen molar-refractivity contribution in [2.24, 2.45) is 0 Å². The van der Waals surface area contributed by atoms with Crippen LogP contribution in [0.3, 0.4) is 0 Å². The number of benzene rings is 2. The van der Waals surface area contributed by atoms with Crippen molar-refractivity contribution in [3.05, 3.63) is 59.4 Å². The summed E-state index contributed by atoms with van der Waals surface area (Å²) in [6.45, 7) is 1.42. The van der Waals surface area contributed by atoms with Crippen molar-refractivity contribution in [2.75, 3.05) is 14.2 Å². The monoisotopic (exact) mass is 310 g/mol. The minimum Gasteiger partial charge on any atom is -0.456 e. The van der Waals surface area contributed by atoms with E-state index in [1.807, 2.05) is 12.1 Å². The van der Waals surface area contributed by atoms with Crippen LogP contribution in [0.15, 0.2) is 46.9 Å². The summed E-state index contributed by atoms with van der Waals surface area (Å²) in [6.07, 6.45) is -0.483. The Labute approximate surface area is 134 Å². The molecule has 4 rings (SSSR count). The van der Waals surface area contributed by atoms with Gasteiger partial charge in [0, 0.05) is 19.6 Å². The quantitative estimate of drug-likeness (QED) is 0.669. The Morgan fingerprint density at radius 1 is 0.870 bits per heavy atom. The molecule has 2 heterocycles. The normalized spacial score (nSPS) is 13.9. The van der Waals surface area contributed by atoms with Crippen molar-refractivity contribution in [3.8, 4) is 11.1 Å². The van der Waals surface area contributed by atoms with Crippen molar-refractivity contribution in [3.63, 3.8) is 0 Å². The number of hydrogen-bond acceptors (Lipinski definition) is 4. The van der Waals surface area contributed by atoms with Crippen molar-refractivity contribution in [2.45, 2.75) is 19.5 Å². The van der Waals surface area contributed by atoms with Crippen LogP contribution in [0.1, 0.15) is 23.2 Å². The van der Waals surface area contributed by atoms with E-state index in [1.54, 1.807) is 14.2 Å². The predicted octanol–water partition coefficient (Wildman–Crippen LogP) is 4.42. The predicted molar refractivity (Wildman–Crippen MR) is 86.9 cm³/mol. The molecule has 0 bridgehead atoms. The van der Waals surface area contributed by atoms with E-state index >= 15 is 0 Å². The number of fused-ring (bicyclic) bond motifs is 2. The second-order valence-electron chi connectivity index (χ2n) is 5.68. The lowest BCUT2D eigenvalue weighted by molar-refractivity contribution is -0.117. The summed E-state index contributed by atoms with van der Waals surface area (Å²) in [6, 6.07) is 14.6. The smallest absolute Gasteiger partial charge is 0.216 e. The van der Waals surface area contributed by atoms with E-state index < -0.39 is 6.29 Å². The molecule has 0 unspecified atom stereocenters. The average molecular weight is 310 g/mol. The van der Waals surface area contributed by atoms with Gasteiger partial charge in [-0.3, -0.25) is 0 Å². The van der Waals surface area contributed by atoms with Crippen molar-refractivity contribution >= 4 is 11.0 Å². The van der Waals surface area contributed by atoms with E-state index in [1.165, 1.54) is 16.7 Å². The standard InChI is InChI=1S/C19H18O4/c1-20-19(21-2)18-9-15-7-13(5-6-17(15)23-18)12-3-4-14-10-22-11-16(14)8-12/h3-9,19H,10-11H2,1-2H3. The third-order valence-corrected chi connectivity index (χ3v) is 4.25. The lowest BCUT2D eigenvalue weighted by Gasteiger charge is -2.08. The molecular weight excluding hydrogens is 292 g/mol. The van der Waals surface area contributed by atoms with Crippen LogP contribution >= 0.6 is 0 Å². The number of ether oxygens (including phenoxy) is 3. The van der Waals surface area contributed by atoms with Crippen LogP contribution in [0, 0.1) is 0 Å². The highest BCUT2D eigenvalue weighted by molar-refractivity contribution is 5.84. The second-order valence-corrected chi connectivity index (χ2v) is 5.68. The summed E-state index contributed by atoms with van der Waals surface area (Å²) < 4.78 is 21.8. The Morgan fingerprint density at radius 2 is 1.61 bits per heavy atom. The zero-order valence-corrected chi connectivity index (χ0v) is 13.2. The molecule has 0 amide bonds. The molecule has 0 saturated carbocycles. The largest absolute Gasteiger partial charge is 0.456 e. The highest BCUT2D eigenvalue weighted by Gasteiger charge is 2.16. The van der Waals surface area contributed by atoms with Gasteiger partial charge in [0.05, 0.1) is 13.2 Å². The van der Waals surface area contributed by atoms with E-state index in [0.29, 0.717) is 12.4 Å². The van der Waals surface area contributed by atoms with Gasteiger partial charge in [-0.2, -0.15) is 0 Å². The van der Waals surface area contributed by atoms with E-state index in [0.717, 1.165) is 23.1 Å². The summed E-state index contributed by atoms with van der Waals surface area (Å²) >= 11 is 0. The molecule has 0 aliphatic carbocycles. The molecule has 1 aliphatic rings. The summed E-state index contributed by atoms with van der Waals surface area (Å²) in [4.78, 5) is 0.